The molecule has 0 bridgehead atoms. The molecule has 0 aliphatic carbocycles. The molecule has 5 nitrogen and oxygen atoms in total. The van der Waals surface area contributed by atoms with Gasteiger partial charge in [-0.3, -0.25) is 4.98 Å². The lowest BCUT2D eigenvalue weighted by molar-refractivity contribution is 0.246. The quantitative estimate of drug-likeness (QED) is 0.752. The van der Waals surface area contributed by atoms with Crippen molar-refractivity contribution in [2.24, 2.45) is 0 Å². The average Bonchev–Trinajstić information content (AvgIpc) is 2.70. The van der Waals surface area contributed by atoms with Crippen LogP contribution in [0.3, 0.4) is 0 Å². The van der Waals surface area contributed by atoms with E-state index in [1.54, 1.807) is 30.6 Å². The van der Waals surface area contributed by atoms with Crippen LogP contribution in [0.15, 0.2) is 54.9 Å². The molecule has 3 heterocycles. The summed E-state index contributed by atoms with van der Waals surface area (Å²) in [4.78, 5) is 15.9. The highest BCUT2D eigenvalue weighted by molar-refractivity contribution is 5.65. The van der Waals surface area contributed by atoms with Crippen LogP contribution in [0, 0.1) is 5.82 Å². The van der Waals surface area contributed by atoms with Gasteiger partial charge in [-0.1, -0.05) is 12.1 Å². The highest BCUT2D eigenvalue weighted by Gasteiger charge is 2.22. The zero-order valence-electron chi connectivity index (χ0n) is 15.3. The Hall–Kier alpha value is -2.86. The number of hydrogen-bond donors (Lipinski definition) is 1. The first-order valence-corrected chi connectivity index (χ1v) is 9.18. The van der Waals surface area contributed by atoms with Gasteiger partial charge in [0.25, 0.3) is 0 Å². The van der Waals surface area contributed by atoms with E-state index in [-0.39, 0.29) is 11.7 Å². The second-order valence-corrected chi connectivity index (χ2v) is 6.94. The Balaban J connectivity index is 1.73. The number of nitrogens with one attached hydrogen (secondary N) is 1. The SMILES string of the molecule is CN1CCCC(c2nc(Nc3ccccc3F)cc(-c3ccncc3)n2)C1. The van der Waals surface area contributed by atoms with E-state index in [0.717, 1.165) is 43.0 Å². The molecule has 1 fully saturated rings. The average molecular weight is 363 g/mol. The van der Waals surface area contributed by atoms with Gasteiger partial charge in [-0.2, -0.15) is 0 Å². The second-order valence-electron chi connectivity index (χ2n) is 6.94. The molecule has 4 rings (SSSR count). The molecule has 0 amide bonds. The molecule has 1 N–H and O–H groups in total. The third kappa shape index (κ3) is 4.11. The normalized spacial score (nSPS) is 17.6. The van der Waals surface area contributed by atoms with Crippen LogP contribution in [0.1, 0.15) is 24.6 Å². The van der Waals surface area contributed by atoms with Crippen molar-refractivity contribution in [2.45, 2.75) is 18.8 Å². The predicted octanol–water partition coefficient (Wildman–Crippen LogP) is 4.23. The summed E-state index contributed by atoms with van der Waals surface area (Å²) in [6.07, 6.45) is 5.67. The molecule has 1 aromatic carbocycles. The number of anilines is 2. The van der Waals surface area contributed by atoms with E-state index < -0.39 is 0 Å². The Kier molecular flexibility index (Phi) is 5.07. The van der Waals surface area contributed by atoms with Gasteiger partial charge in [-0.15, -0.1) is 0 Å². The van der Waals surface area contributed by atoms with Gasteiger partial charge in [0.1, 0.15) is 17.5 Å². The summed E-state index contributed by atoms with van der Waals surface area (Å²) in [5.74, 6) is 1.37. The Morgan fingerprint density at radius 1 is 1.11 bits per heavy atom. The van der Waals surface area contributed by atoms with Crippen molar-refractivity contribution in [2.75, 3.05) is 25.5 Å². The minimum atomic E-state index is -0.305. The van der Waals surface area contributed by atoms with Crippen molar-refractivity contribution in [1.29, 1.82) is 0 Å². The van der Waals surface area contributed by atoms with E-state index in [2.05, 4.69) is 22.2 Å². The number of benzene rings is 1. The Morgan fingerprint density at radius 3 is 2.70 bits per heavy atom. The van der Waals surface area contributed by atoms with Crippen molar-refractivity contribution >= 4 is 11.5 Å². The lowest BCUT2D eigenvalue weighted by atomic mass is 9.97. The van der Waals surface area contributed by atoms with Crippen molar-refractivity contribution in [3.05, 3.63) is 66.5 Å². The Morgan fingerprint density at radius 2 is 1.93 bits per heavy atom. The largest absolute Gasteiger partial charge is 0.338 e. The van der Waals surface area contributed by atoms with E-state index in [1.165, 1.54) is 6.07 Å². The maximum Gasteiger partial charge on any atom is 0.146 e. The number of likely N-dealkylation sites (N-methyl/N-ethyl adjacent to an activating group) is 1. The summed E-state index contributed by atoms with van der Waals surface area (Å²) in [6, 6.07) is 12.3. The number of piperidine rings is 1. The van der Waals surface area contributed by atoms with Gasteiger partial charge in [0.2, 0.25) is 0 Å². The molecule has 1 aliphatic rings. The first-order chi connectivity index (χ1) is 13.2. The monoisotopic (exact) mass is 363 g/mol. The molecule has 0 spiro atoms. The van der Waals surface area contributed by atoms with Crippen LogP contribution in [0.5, 0.6) is 0 Å². The highest BCUT2D eigenvalue weighted by Crippen LogP contribution is 2.29. The zero-order valence-corrected chi connectivity index (χ0v) is 15.3. The smallest absolute Gasteiger partial charge is 0.146 e. The van der Waals surface area contributed by atoms with Gasteiger partial charge in [0.15, 0.2) is 0 Å². The van der Waals surface area contributed by atoms with Crippen molar-refractivity contribution < 1.29 is 4.39 Å². The maximum atomic E-state index is 14.1. The molecule has 6 heteroatoms. The molecular weight excluding hydrogens is 341 g/mol. The summed E-state index contributed by atoms with van der Waals surface area (Å²) < 4.78 is 14.1. The van der Waals surface area contributed by atoms with E-state index in [0.29, 0.717) is 11.5 Å². The highest BCUT2D eigenvalue weighted by atomic mass is 19.1. The standard InChI is InChI=1S/C21H22FN5/c1-27-12-4-5-16(14-27)21-25-19(15-8-10-23-11-9-15)13-20(26-21)24-18-7-3-2-6-17(18)22/h2-3,6-11,13,16H,4-5,12,14H2,1H3,(H,24,25,26). The fourth-order valence-corrected chi connectivity index (χ4v) is 3.46. The van der Waals surface area contributed by atoms with E-state index >= 15 is 0 Å². The second kappa shape index (κ2) is 7.80. The Bertz CT molecular complexity index is 915. The number of likely N-dealkylation sites (tertiary alicyclic amines) is 1. The molecular formula is C21H22FN5. The number of rotatable bonds is 4. The van der Waals surface area contributed by atoms with E-state index in [4.69, 9.17) is 9.97 Å². The first-order valence-electron chi connectivity index (χ1n) is 9.18. The number of aromatic nitrogens is 3. The molecule has 1 saturated heterocycles. The van der Waals surface area contributed by atoms with Gasteiger partial charge in [-0.05, 0) is 50.7 Å². The van der Waals surface area contributed by atoms with Gasteiger partial charge in [-0.25, -0.2) is 14.4 Å². The molecule has 0 saturated carbocycles. The van der Waals surface area contributed by atoms with E-state index in [9.17, 15) is 4.39 Å². The first kappa shape index (κ1) is 17.5. The summed E-state index contributed by atoms with van der Waals surface area (Å²) in [7, 11) is 2.12. The fraction of sp³-hybridized carbons (Fsp3) is 0.286. The maximum absolute atomic E-state index is 14.1. The molecule has 1 unspecified atom stereocenters. The van der Waals surface area contributed by atoms with Crippen LogP contribution in [0.25, 0.3) is 11.3 Å². The molecule has 27 heavy (non-hydrogen) atoms. The summed E-state index contributed by atoms with van der Waals surface area (Å²) in [5, 5.41) is 3.12. The van der Waals surface area contributed by atoms with Gasteiger partial charge < -0.3 is 10.2 Å². The predicted molar refractivity (Wildman–Crippen MR) is 104 cm³/mol. The van der Waals surface area contributed by atoms with Crippen LogP contribution >= 0.6 is 0 Å². The van der Waals surface area contributed by atoms with Crippen LogP contribution < -0.4 is 5.32 Å². The lowest BCUT2D eigenvalue weighted by Gasteiger charge is -2.29. The molecule has 1 atom stereocenters. The Labute approximate surface area is 158 Å². The van der Waals surface area contributed by atoms with E-state index in [1.807, 2.05) is 18.2 Å². The number of pyridine rings is 1. The van der Waals surface area contributed by atoms with Gasteiger partial charge in [0.05, 0.1) is 11.4 Å². The minimum Gasteiger partial charge on any atom is -0.338 e. The topological polar surface area (TPSA) is 53.9 Å². The summed E-state index contributed by atoms with van der Waals surface area (Å²) in [6.45, 7) is 2.03. The third-order valence-corrected chi connectivity index (χ3v) is 4.85. The fourth-order valence-electron chi connectivity index (χ4n) is 3.46. The number of hydrogen-bond acceptors (Lipinski definition) is 5. The van der Waals surface area contributed by atoms with Crippen LogP contribution in [-0.4, -0.2) is 40.0 Å². The van der Waals surface area contributed by atoms with Gasteiger partial charge >= 0.3 is 0 Å². The molecule has 3 aromatic rings. The van der Waals surface area contributed by atoms with Crippen molar-refractivity contribution in [1.82, 2.24) is 19.9 Å². The van der Waals surface area contributed by atoms with Crippen LogP contribution in [0.4, 0.5) is 15.9 Å². The third-order valence-electron chi connectivity index (χ3n) is 4.85. The molecule has 0 radical (unpaired) electrons. The number of nitrogens with zero attached hydrogens (tertiary/aromatic N) is 4. The molecule has 1 aliphatic heterocycles. The molecule has 2 aromatic heterocycles. The van der Waals surface area contributed by atoms with Gasteiger partial charge in [0, 0.05) is 36.5 Å². The lowest BCUT2D eigenvalue weighted by Crippen LogP contribution is -2.31. The van der Waals surface area contributed by atoms with Crippen LogP contribution in [-0.2, 0) is 0 Å². The summed E-state index contributed by atoms with van der Waals surface area (Å²) in [5.41, 5.74) is 2.19. The van der Waals surface area contributed by atoms with Crippen molar-refractivity contribution in [3.63, 3.8) is 0 Å². The summed E-state index contributed by atoms with van der Waals surface area (Å²) >= 11 is 0. The minimum absolute atomic E-state index is 0.270. The number of halogens is 1. The van der Waals surface area contributed by atoms with Crippen molar-refractivity contribution in [3.8, 4) is 11.3 Å². The number of para-hydroxylation sites is 1. The van der Waals surface area contributed by atoms with Crippen LogP contribution in [0.2, 0.25) is 0 Å². The zero-order chi connectivity index (χ0) is 18.6. The molecule has 138 valence electrons.